The SMILES string of the molecule is C1=C(c2ccccc2)C=C(c2ccccc2)NC1c1cccc2c1oc1ccc3ccc4ccccc4c3c12. The fourth-order valence-corrected chi connectivity index (χ4v) is 6.05. The van der Waals surface area contributed by atoms with Gasteiger partial charge >= 0.3 is 0 Å². The van der Waals surface area contributed by atoms with Crippen molar-refractivity contribution in [3.05, 3.63) is 156 Å². The minimum atomic E-state index is -0.0484. The molecular weight excluding hydrogens is 474 g/mol. The third-order valence-electron chi connectivity index (χ3n) is 7.88. The topological polar surface area (TPSA) is 25.2 Å². The molecule has 0 amide bonds. The van der Waals surface area contributed by atoms with Gasteiger partial charge in [-0.3, -0.25) is 0 Å². The summed E-state index contributed by atoms with van der Waals surface area (Å²) in [6.45, 7) is 0. The molecule has 1 aromatic heterocycles. The van der Waals surface area contributed by atoms with Gasteiger partial charge in [-0.2, -0.15) is 0 Å². The molecule has 2 nitrogen and oxygen atoms in total. The number of rotatable bonds is 3. The Morgan fingerprint density at radius 3 is 2.08 bits per heavy atom. The van der Waals surface area contributed by atoms with Crippen LogP contribution in [0.5, 0.6) is 0 Å². The summed E-state index contributed by atoms with van der Waals surface area (Å²) in [7, 11) is 0. The van der Waals surface area contributed by atoms with Gasteiger partial charge in [0, 0.05) is 27.4 Å². The number of hydrogen-bond donors (Lipinski definition) is 1. The second-order valence-electron chi connectivity index (χ2n) is 10.2. The molecule has 0 bridgehead atoms. The molecular formula is C37H25NO. The molecule has 0 aliphatic carbocycles. The number of allylic oxidation sites excluding steroid dienone is 2. The van der Waals surface area contributed by atoms with Gasteiger partial charge in [-0.15, -0.1) is 0 Å². The van der Waals surface area contributed by atoms with Gasteiger partial charge in [0.1, 0.15) is 11.2 Å². The monoisotopic (exact) mass is 499 g/mol. The van der Waals surface area contributed by atoms with Crippen LogP contribution in [0.2, 0.25) is 0 Å². The molecule has 2 heteroatoms. The minimum Gasteiger partial charge on any atom is -0.456 e. The number of nitrogens with one attached hydrogen (secondary N) is 1. The van der Waals surface area contributed by atoms with Crippen LogP contribution < -0.4 is 5.32 Å². The third kappa shape index (κ3) is 3.57. The molecule has 0 saturated heterocycles. The lowest BCUT2D eigenvalue weighted by atomic mass is 9.92. The summed E-state index contributed by atoms with van der Waals surface area (Å²) in [5, 5.41) is 11.1. The van der Waals surface area contributed by atoms with E-state index in [-0.39, 0.29) is 6.04 Å². The fourth-order valence-electron chi connectivity index (χ4n) is 6.05. The van der Waals surface area contributed by atoms with E-state index in [0.29, 0.717) is 0 Å². The van der Waals surface area contributed by atoms with E-state index in [1.54, 1.807) is 0 Å². The molecule has 6 aromatic carbocycles. The Hall–Kier alpha value is -5.08. The van der Waals surface area contributed by atoms with E-state index in [2.05, 4.69) is 145 Å². The molecule has 0 radical (unpaired) electrons. The van der Waals surface area contributed by atoms with Gasteiger partial charge in [0.15, 0.2) is 0 Å². The zero-order valence-corrected chi connectivity index (χ0v) is 21.3. The molecule has 1 N–H and O–H groups in total. The van der Waals surface area contributed by atoms with Gasteiger partial charge in [-0.25, -0.2) is 0 Å². The normalized spacial score (nSPS) is 15.4. The van der Waals surface area contributed by atoms with Crippen LogP contribution in [0.15, 0.2) is 144 Å². The number of benzene rings is 6. The molecule has 1 unspecified atom stereocenters. The summed E-state index contributed by atoms with van der Waals surface area (Å²) in [6.07, 6.45) is 4.57. The average molecular weight is 500 g/mol. The third-order valence-corrected chi connectivity index (χ3v) is 7.88. The number of furan rings is 1. The fraction of sp³-hybridized carbons (Fsp3) is 0.0270. The Bertz CT molecular complexity index is 2080. The summed E-state index contributed by atoms with van der Waals surface area (Å²) in [6, 6.07) is 45.0. The highest BCUT2D eigenvalue weighted by molar-refractivity contribution is 6.26. The summed E-state index contributed by atoms with van der Waals surface area (Å²) in [5.41, 5.74) is 7.65. The standard InChI is InChI=1S/C37H25NO/c1-3-10-24(11-4-1)28-22-32(26-13-5-2-6-14-26)38-33(23-28)30-16-9-17-31-36-34(39-37(30)31)21-20-27-19-18-25-12-7-8-15-29(25)35(27)36/h1-23,33,38H. The second kappa shape index (κ2) is 8.75. The Kier molecular flexibility index (Phi) is 4.92. The maximum Gasteiger partial charge on any atom is 0.141 e. The molecule has 39 heavy (non-hydrogen) atoms. The van der Waals surface area contributed by atoms with Crippen LogP contribution >= 0.6 is 0 Å². The van der Waals surface area contributed by atoms with Crippen molar-refractivity contribution < 1.29 is 4.42 Å². The lowest BCUT2D eigenvalue weighted by molar-refractivity contribution is 0.651. The molecule has 2 heterocycles. The highest BCUT2D eigenvalue weighted by atomic mass is 16.3. The average Bonchev–Trinajstić information content (AvgIpc) is 3.41. The molecule has 184 valence electrons. The van der Waals surface area contributed by atoms with Crippen molar-refractivity contribution >= 4 is 54.8 Å². The van der Waals surface area contributed by atoms with Crippen molar-refractivity contribution in [2.75, 3.05) is 0 Å². The number of hydrogen-bond acceptors (Lipinski definition) is 2. The van der Waals surface area contributed by atoms with Gasteiger partial charge in [0.2, 0.25) is 0 Å². The van der Waals surface area contributed by atoms with E-state index in [1.807, 2.05) is 0 Å². The van der Waals surface area contributed by atoms with E-state index < -0.39 is 0 Å². The summed E-state index contributed by atoms with van der Waals surface area (Å²) >= 11 is 0. The van der Waals surface area contributed by atoms with Crippen LogP contribution in [0, 0.1) is 0 Å². The van der Waals surface area contributed by atoms with Gasteiger partial charge in [-0.05, 0) is 51.1 Å². The van der Waals surface area contributed by atoms with E-state index in [9.17, 15) is 0 Å². The van der Waals surface area contributed by atoms with Crippen LogP contribution in [-0.2, 0) is 0 Å². The van der Waals surface area contributed by atoms with Crippen LogP contribution in [0.3, 0.4) is 0 Å². The minimum absolute atomic E-state index is 0.0484. The van der Waals surface area contributed by atoms with Crippen LogP contribution in [0.1, 0.15) is 22.7 Å². The molecule has 0 fully saturated rings. The predicted octanol–water partition coefficient (Wildman–Crippen LogP) is 9.66. The van der Waals surface area contributed by atoms with Crippen molar-refractivity contribution in [3.8, 4) is 0 Å². The molecule has 1 aliphatic heterocycles. The van der Waals surface area contributed by atoms with Gasteiger partial charge < -0.3 is 9.73 Å². The van der Waals surface area contributed by atoms with Gasteiger partial charge in [-0.1, -0.05) is 121 Å². The molecule has 0 spiro atoms. The molecule has 7 aromatic rings. The van der Waals surface area contributed by atoms with E-state index in [1.165, 1.54) is 43.6 Å². The van der Waals surface area contributed by atoms with E-state index in [4.69, 9.17) is 4.42 Å². The number of para-hydroxylation sites is 1. The van der Waals surface area contributed by atoms with Crippen molar-refractivity contribution in [2.24, 2.45) is 0 Å². The van der Waals surface area contributed by atoms with Crippen LogP contribution in [0.4, 0.5) is 0 Å². The first kappa shape index (κ1) is 22.0. The van der Waals surface area contributed by atoms with E-state index >= 15 is 0 Å². The van der Waals surface area contributed by atoms with Crippen molar-refractivity contribution in [3.63, 3.8) is 0 Å². The Morgan fingerprint density at radius 2 is 1.23 bits per heavy atom. The number of fused-ring (bicyclic) bond motifs is 7. The first-order chi connectivity index (χ1) is 19.3. The van der Waals surface area contributed by atoms with Gasteiger partial charge in [0.25, 0.3) is 0 Å². The Morgan fingerprint density at radius 1 is 0.538 bits per heavy atom. The lowest BCUT2D eigenvalue weighted by Gasteiger charge is -2.25. The first-order valence-corrected chi connectivity index (χ1v) is 13.4. The predicted molar refractivity (Wildman–Crippen MR) is 163 cm³/mol. The summed E-state index contributed by atoms with van der Waals surface area (Å²) in [5.74, 6) is 0. The van der Waals surface area contributed by atoms with Crippen LogP contribution in [-0.4, -0.2) is 0 Å². The molecule has 1 atom stereocenters. The van der Waals surface area contributed by atoms with Crippen LogP contribution in [0.25, 0.3) is 54.8 Å². The maximum atomic E-state index is 6.69. The van der Waals surface area contributed by atoms with Crippen molar-refractivity contribution in [1.82, 2.24) is 5.32 Å². The van der Waals surface area contributed by atoms with Gasteiger partial charge in [0.05, 0.1) is 6.04 Å². The maximum absolute atomic E-state index is 6.69. The molecule has 8 rings (SSSR count). The highest BCUT2D eigenvalue weighted by Gasteiger charge is 2.23. The van der Waals surface area contributed by atoms with Crippen molar-refractivity contribution in [2.45, 2.75) is 6.04 Å². The summed E-state index contributed by atoms with van der Waals surface area (Å²) < 4.78 is 6.69. The zero-order valence-electron chi connectivity index (χ0n) is 21.3. The largest absolute Gasteiger partial charge is 0.456 e. The highest BCUT2D eigenvalue weighted by Crippen LogP contribution is 2.42. The Labute approximate surface area is 226 Å². The first-order valence-electron chi connectivity index (χ1n) is 13.4. The quantitative estimate of drug-likeness (QED) is 0.245. The molecule has 1 aliphatic rings. The smallest absolute Gasteiger partial charge is 0.141 e. The second-order valence-corrected chi connectivity index (χ2v) is 10.2. The van der Waals surface area contributed by atoms with E-state index in [0.717, 1.165) is 27.8 Å². The summed E-state index contributed by atoms with van der Waals surface area (Å²) in [4.78, 5) is 0. The Balaban J connectivity index is 1.37. The lowest BCUT2D eigenvalue weighted by Crippen LogP contribution is -2.21. The number of dihydropyridines is 1. The zero-order chi connectivity index (χ0) is 25.8. The van der Waals surface area contributed by atoms with Crippen molar-refractivity contribution in [1.29, 1.82) is 0 Å². The molecule has 0 saturated carbocycles.